The van der Waals surface area contributed by atoms with Crippen LogP contribution in [-0.2, 0) is 0 Å². The van der Waals surface area contributed by atoms with Crippen molar-refractivity contribution in [3.63, 3.8) is 0 Å². The van der Waals surface area contributed by atoms with Gasteiger partial charge in [-0.05, 0) is 25.5 Å². The van der Waals surface area contributed by atoms with Gasteiger partial charge in [-0.25, -0.2) is 4.68 Å². The van der Waals surface area contributed by atoms with Gasteiger partial charge in [0.05, 0.1) is 18.5 Å². The second-order valence-corrected chi connectivity index (χ2v) is 6.46. The van der Waals surface area contributed by atoms with E-state index in [0.29, 0.717) is 18.8 Å². The van der Waals surface area contributed by atoms with Gasteiger partial charge in [-0.1, -0.05) is 29.8 Å². The van der Waals surface area contributed by atoms with Crippen molar-refractivity contribution in [1.82, 2.24) is 24.8 Å². The number of aliphatic hydroxyl groups excluding tert-OH is 1. The first-order chi connectivity index (χ1) is 12.1. The number of benzene rings is 1. The van der Waals surface area contributed by atoms with Crippen molar-refractivity contribution in [1.29, 1.82) is 0 Å². The van der Waals surface area contributed by atoms with Crippen LogP contribution in [-0.4, -0.2) is 74.6 Å². The summed E-state index contributed by atoms with van der Waals surface area (Å²) in [6.45, 7) is 7.10. The van der Waals surface area contributed by atoms with Gasteiger partial charge in [0.1, 0.15) is 0 Å². The number of aromatic nitrogens is 3. The Hall–Kier alpha value is -2.25. The van der Waals surface area contributed by atoms with Crippen LogP contribution in [0.3, 0.4) is 0 Å². The standard InChI is InChI=1S/C18H25N5O2/c1-3-15(13-24)21-8-10-22(11-9-21)18(25)17-12-23(20-19-17)16-6-4-14(2)5-7-16/h4-7,12,15,24H,3,8-11,13H2,1-2H3. The minimum Gasteiger partial charge on any atom is -0.395 e. The van der Waals surface area contributed by atoms with E-state index in [1.165, 1.54) is 5.56 Å². The Morgan fingerprint density at radius 2 is 1.88 bits per heavy atom. The summed E-state index contributed by atoms with van der Waals surface area (Å²) in [5.41, 5.74) is 2.42. The van der Waals surface area contributed by atoms with Gasteiger partial charge in [-0.3, -0.25) is 9.69 Å². The maximum absolute atomic E-state index is 12.7. The van der Waals surface area contributed by atoms with E-state index in [9.17, 15) is 9.90 Å². The number of nitrogens with zero attached hydrogens (tertiary/aromatic N) is 5. The Kier molecular flexibility index (Phi) is 5.45. The zero-order chi connectivity index (χ0) is 17.8. The lowest BCUT2D eigenvalue weighted by molar-refractivity contribution is 0.0468. The predicted molar refractivity (Wildman–Crippen MR) is 94.7 cm³/mol. The van der Waals surface area contributed by atoms with Crippen molar-refractivity contribution >= 4 is 5.91 Å². The van der Waals surface area contributed by atoms with E-state index in [1.54, 1.807) is 10.9 Å². The second kappa shape index (κ2) is 7.76. The summed E-state index contributed by atoms with van der Waals surface area (Å²) in [6, 6.07) is 8.10. The van der Waals surface area contributed by atoms with Gasteiger partial charge in [0, 0.05) is 32.2 Å². The molecule has 0 spiro atoms. The molecule has 2 aromatic rings. The number of piperazine rings is 1. The third-order valence-corrected chi connectivity index (χ3v) is 4.81. The van der Waals surface area contributed by atoms with E-state index in [4.69, 9.17) is 0 Å². The third kappa shape index (κ3) is 3.88. The normalized spacial score (nSPS) is 16.8. The Morgan fingerprint density at radius 1 is 1.20 bits per heavy atom. The molecule has 0 aliphatic carbocycles. The van der Waals surface area contributed by atoms with Gasteiger partial charge in [0.25, 0.3) is 5.91 Å². The molecule has 7 heteroatoms. The van der Waals surface area contributed by atoms with Crippen LogP contribution in [0.2, 0.25) is 0 Å². The molecule has 1 aliphatic heterocycles. The highest BCUT2D eigenvalue weighted by molar-refractivity contribution is 5.92. The number of hydrogen-bond donors (Lipinski definition) is 1. The van der Waals surface area contributed by atoms with E-state index in [-0.39, 0.29) is 18.6 Å². The van der Waals surface area contributed by atoms with Crippen LogP contribution >= 0.6 is 0 Å². The Balaban J connectivity index is 1.64. The van der Waals surface area contributed by atoms with Crippen molar-refractivity contribution in [3.05, 3.63) is 41.7 Å². The van der Waals surface area contributed by atoms with E-state index in [2.05, 4.69) is 22.1 Å². The summed E-state index contributed by atoms with van der Waals surface area (Å²) >= 11 is 0. The van der Waals surface area contributed by atoms with E-state index < -0.39 is 0 Å². The summed E-state index contributed by atoms with van der Waals surface area (Å²) in [7, 11) is 0. The molecular formula is C18H25N5O2. The zero-order valence-electron chi connectivity index (χ0n) is 14.8. The highest BCUT2D eigenvalue weighted by Crippen LogP contribution is 2.13. The average molecular weight is 343 g/mol. The molecule has 1 aromatic carbocycles. The molecule has 2 heterocycles. The fourth-order valence-corrected chi connectivity index (χ4v) is 3.14. The van der Waals surface area contributed by atoms with Gasteiger partial charge in [-0.15, -0.1) is 5.10 Å². The minimum atomic E-state index is -0.0879. The molecule has 1 saturated heterocycles. The van der Waals surface area contributed by atoms with E-state index >= 15 is 0 Å². The van der Waals surface area contributed by atoms with Gasteiger partial charge >= 0.3 is 0 Å². The molecular weight excluding hydrogens is 318 g/mol. The number of amides is 1. The number of aliphatic hydroxyl groups is 1. The number of aryl methyl sites for hydroxylation is 1. The van der Waals surface area contributed by atoms with Crippen LogP contribution in [0.15, 0.2) is 30.5 Å². The van der Waals surface area contributed by atoms with Crippen LogP contribution in [0.4, 0.5) is 0 Å². The first kappa shape index (κ1) is 17.6. The SMILES string of the molecule is CCC(CO)N1CCN(C(=O)c2cn(-c3ccc(C)cc3)nn2)CC1. The minimum absolute atomic E-state index is 0.0879. The Labute approximate surface area is 147 Å². The predicted octanol–water partition coefficient (Wildman–Crippen LogP) is 1.10. The molecule has 25 heavy (non-hydrogen) atoms. The quantitative estimate of drug-likeness (QED) is 0.880. The Bertz CT molecular complexity index is 701. The van der Waals surface area contributed by atoms with Crippen molar-refractivity contribution in [2.24, 2.45) is 0 Å². The summed E-state index contributed by atoms with van der Waals surface area (Å²) in [5, 5.41) is 17.5. The molecule has 1 atom stereocenters. The fourth-order valence-electron chi connectivity index (χ4n) is 3.14. The number of hydrogen-bond acceptors (Lipinski definition) is 5. The number of rotatable bonds is 5. The van der Waals surface area contributed by atoms with Crippen LogP contribution in [0.5, 0.6) is 0 Å². The highest BCUT2D eigenvalue weighted by Gasteiger charge is 2.26. The van der Waals surface area contributed by atoms with Crippen molar-refractivity contribution in [3.8, 4) is 5.69 Å². The van der Waals surface area contributed by atoms with Gasteiger partial charge in [-0.2, -0.15) is 0 Å². The molecule has 0 bridgehead atoms. The molecule has 7 nitrogen and oxygen atoms in total. The molecule has 3 rings (SSSR count). The van der Waals surface area contributed by atoms with Gasteiger partial charge in [0.15, 0.2) is 5.69 Å². The lowest BCUT2D eigenvalue weighted by Crippen LogP contribution is -2.52. The summed E-state index contributed by atoms with van der Waals surface area (Å²) in [5.74, 6) is -0.0879. The molecule has 1 amide bonds. The first-order valence-electron chi connectivity index (χ1n) is 8.76. The van der Waals surface area contributed by atoms with Crippen molar-refractivity contribution in [2.45, 2.75) is 26.3 Å². The van der Waals surface area contributed by atoms with Crippen LogP contribution < -0.4 is 0 Å². The largest absolute Gasteiger partial charge is 0.395 e. The number of carbonyl (C=O) groups excluding carboxylic acids is 1. The highest BCUT2D eigenvalue weighted by atomic mass is 16.3. The molecule has 1 aliphatic rings. The monoisotopic (exact) mass is 343 g/mol. The van der Waals surface area contributed by atoms with Crippen molar-refractivity contribution in [2.75, 3.05) is 32.8 Å². The molecule has 1 aromatic heterocycles. The summed E-state index contributed by atoms with van der Waals surface area (Å²) in [4.78, 5) is 16.7. The van der Waals surface area contributed by atoms with E-state index in [0.717, 1.165) is 25.2 Å². The van der Waals surface area contributed by atoms with Crippen LogP contribution in [0.25, 0.3) is 5.69 Å². The van der Waals surface area contributed by atoms with Gasteiger partial charge in [0.2, 0.25) is 0 Å². The average Bonchev–Trinajstić information content (AvgIpc) is 3.13. The summed E-state index contributed by atoms with van der Waals surface area (Å²) < 4.78 is 1.63. The smallest absolute Gasteiger partial charge is 0.276 e. The molecule has 1 unspecified atom stereocenters. The van der Waals surface area contributed by atoms with E-state index in [1.807, 2.05) is 36.1 Å². The maximum Gasteiger partial charge on any atom is 0.276 e. The number of carbonyl (C=O) groups is 1. The third-order valence-electron chi connectivity index (χ3n) is 4.81. The molecule has 1 fully saturated rings. The molecule has 1 N–H and O–H groups in total. The second-order valence-electron chi connectivity index (χ2n) is 6.46. The lowest BCUT2D eigenvalue weighted by atomic mass is 10.1. The maximum atomic E-state index is 12.7. The van der Waals surface area contributed by atoms with Crippen molar-refractivity contribution < 1.29 is 9.90 Å². The first-order valence-corrected chi connectivity index (χ1v) is 8.76. The molecule has 134 valence electrons. The fraction of sp³-hybridized carbons (Fsp3) is 0.500. The van der Waals surface area contributed by atoms with Crippen LogP contribution in [0.1, 0.15) is 29.4 Å². The topological polar surface area (TPSA) is 74.5 Å². The van der Waals surface area contributed by atoms with Crippen LogP contribution in [0, 0.1) is 6.92 Å². The molecule has 0 radical (unpaired) electrons. The Morgan fingerprint density at radius 3 is 2.48 bits per heavy atom. The zero-order valence-corrected chi connectivity index (χ0v) is 14.8. The summed E-state index contributed by atoms with van der Waals surface area (Å²) in [6.07, 6.45) is 2.59. The van der Waals surface area contributed by atoms with Gasteiger partial charge < -0.3 is 10.0 Å². The lowest BCUT2D eigenvalue weighted by Gasteiger charge is -2.38. The molecule has 0 saturated carbocycles.